The summed E-state index contributed by atoms with van der Waals surface area (Å²) in [5.74, 6) is 4.04. The zero-order valence-corrected chi connectivity index (χ0v) is 8.63. The quantitative estimate of drug-likeness (QED) is 0.592. The van der Waals surface area contributed by atoms with E-state index in [9.17, 15) is 8.78 Å². The minimum Gasteiger partial charge on any atom is -0.380 e. The van der Waals surface area contributed by atoms with Crippen molar-refractivity contribution >= 4 is 0 Å². The Hall–Kier alpha value is -1.04. The van der Waals surface area contributed by atoms with Gasteiger partial charge in [-0.25, -0.2) is 8.78 Å². The van der Waals surface area contributed by atoms with Crippen molar-refractivity contribution in [1.82, 2.24) is 5.43 Å². The largest absolute Gasteiger partial charge is 0.380 e. The minimum absolute atomic E-state index is 0.281. The van der Waals surface area contributed by atoms with Crippen LogP contribution in [0.2, 0.25) is 0 Å². The molecule has 15 heavy (non-hydrogen) atoms. The Bertz CT molecular complexity index is 313. The molecule has 0 aliphatic heterocycles. The summed E-state index contributed by atoms with van der Waals surface area (Å²) in [4.78, 5) is 0. The van der Waals surface area contributed by atoms with Gasteiger partial charge >= 0.3 is 0 Å². The van der Waals surface area contributed by atoms with Crippen molar-refractivity contribution in [2.75, 3.05) is 7.11 Å². The van der Waals surface area contributed by atoms with E-state index in [1.165, 1.54) is 19.2 Å². The molecule has 0 aromatic heterocycles. The van der Waals surface area contributed by atoms with Crippen LogP contribution >= 0.6 is 0 Å². The molecule has 3 nitrogen and oxygen atoms in total. The van der Waals surface area contributed by atoms with Gasteiger partial charge in [0.25, 0.3) is 0 Å². The lowest BCUT2D eigenvalue weighted by molar-refractivity contribution is 0.0829. The van der Waals surface area contributed by atoms with Gasteiger partial charge in [0, 0.05) is 13.2 Å². The SMILES string of the molecule is COC(C)C(NN)c1cc(F)cc(F)c1. The van der Waals surface area contributed by atoms with Crippen LogP contribution in [0.1, 0.15) is 18.5 Å². The van der Waals surface area contributed by atoms with Gasteiger partial charge in [0.2, 0.25) is 0 Å². The van der Waals surface area contributed by atoms with Crippen LogP contribution < -0.4 is 11.3 Å². The van der Waals surface area contributed by atoms with Crippen molar-refractivity contribution in [3.05, 3.63) is 35.4 Å². The number of nitrogens with one attached hydrogen (secondary N) is 1. The molecule has 0 spiro atoms. The van der Waals surface area contributed by atoms with Gasteiger partial charge in [0.15, 0.2) is 0 Å². The summed E-state index contributed by atoms with van der Waals surface area (Å²) >= 11 is 0. The Morgan fingerprint density at radius 3 is 2.20 bits per heavy atom. The Morgan fingerprint density at radius 2 is 1.80 bits per heavy atom. The molecule has 84 valence electrons. The maximum Gasteiger partial charge on any atom is 0.126 e. The van der Waals surface area contributed by atoms with Crippen molar-refractivity contribution in [2.24, 2.45) is 5.84 Å². The van der Waals surface area contributed by atoms with E-state index < -0.39 is 17.7 Å². The lowest BCUT2D eigenvalue weighted by Crippen LogP contribution is -2.36. The Balaban J connectivity index is 3.01. The number of nitrogens with two attached hydrogens (primary N) is 1. The molecule has 0 fully saturated rings. The fourth-order valence-electron chi connectivity index (χ4n) is 1.39. The fraction of sp³-hybridized carbons (Fsp3) is 0.400. The second-order valence-corrected chi connectivity index (χ2v) is 3.29. The maximum absolute atomic E-state index is 12.9. The highest BCUT2D eigenvalue weighted by Crippen LogP contribution is 2.20. The van der Waals surface area contributed by atoms with Gasteiger partial charge in [-0.3, -0.25) is 11.3 Å². The summed E-state index contributed by atoms with van der Waals surface area (Å²) in [6.07, 6.45) is -0.281. The monoisotopic (exact) mass is 216 g/mol. The molecule has 2 unspecified atom stereocenters. The van der Waals surface area contributed by atoms with Crippen molar-refractivity contribution in [3.63, 3.8) is 0 Å². The molecule has 0 heterocycles. The number of hydrogen-bond acceptors (Lipinski definition) is 3. The standard InChI is InChI=1S/C10H14F2N2O/c1-6(15-2)10(14-13)7-3-8(11)5-9(12)4-7/h3-6,10,14H,13H2,1-2H3. The van der Waals surface area contributed by atoms with Gasteiger partial charge in [-0.1, -0.05) is 0 Å². The van der Waals surface area contributed by atoms with E-state index in [1.54, 1.807) is 6.92 Å². The smallest absolute Gasteiger partial charge is 0.126 e. The van der Waals surface area contributed by atoms with E-state index in [0.29, 0.717) is 5.56 Å². The van der Waals surface area contributed by atoms with Crippen LogP contribution in [0.25, 0.3) is 0 Å². The molecular formula is C10H14F2N2O. The number of hydrogen-bond donors (Lipinski definition) is 2. The summed E-state index contributed by atoms with van der Waals surface area (Å²) in [7, 11) is 1.50. The molecule has 2 atom stereocenters. The molecule has 1 rings (SSSR count). The number of benzene rings is 1. The molecule has 0 bridgehead atoms. The second kappa shape index (κ2) is 5.16. The summed E-state index contributed by atoms with van der Waals surface area (Å²) in [5, 5.41) is 0. The van der Waals surface area contributed by atoms with Gasteiger partial charge < -0.3 is 4.74 Å². The van der Waals surface area contributed by atoms with Crippen molar-refractivity contribution in [1.29, 1.82) is 0 Å². The summed E-state index contributed by atoms with van der Waals surface area (Å²) < 4.78 is 30.9. The van der Waals surface area contributed by atoms with Crippen LogP contribution in [-0.4, -0.2) is 13.2 Å². The van der Waals surface area contributed by atoms with Crippen LogP contribution in [0, 0.1) is 11.6 Å². The summed E-state index contributed by atoms with van der Waals surface area (Å²) in [5.41, 5.74) is 2.89. The summed E-state index contributed by atoms with van der Waals surface area (Å²) in [6, 6.07) is 2.82. The Morgan fingerprint density at radius 1 is 1.27 bits per heavy atom. The van der Waals surface area contributed by atoms with Crippen LogP contribution in [0.5, 0.6) is 0 Å². The normalized spacial score (nSPS) is 15.0. The van der Waals surface area contributed by atoms with Gasteiger partial charge in [-0.2, -0.15) is 0 Å². The summed E-state index contributed by atoms with van der Waals surface area (Å²) in [6.45, 7) is 1.76. The maximum atomic E-state index is 12.9. The third-order valence-corrected chi connectivity index (χ3v) is 2.26. The third kappa shape index (κ3) is 2.95. The Labute approximate surface area is 87.2 Å². The van der Waals surface area contributed by atoms with E-state index >= 15 is 0 Å². The molecular weight excluding hydrogens is 202 g/mol. The fourth-order valence-corrected chi connectivity index (χ4v) is 1.39. The molecule has 1 aromatic rings. The zero-order chi connectivity index (χ0) is 11.4. The van der Waals surface area contributed by atoms with Crippen LogP contribution in [0.15, 0.2) is 18.2 Å². The molecule has 0 amide bonds. The number of hydrazine groups is 1. The lowest BCUT2D eigenvalue weighted by Gasteiger charge is -2.22. The highest BCUT2D eigenvalue weighted by atomic mass is 19.1. The van der Waals surface area contributed by atoms with Crippen molar-refractivity contribution in [3.8, 4) is 0 Å². The van der Waals surface area contributed by atoms with Gasteiger partial charge in [-0.05, 0) is 24.6 Å². The minimum atomic E-state index is -0.631. The molecule has 5 heteroatoms. The predicted molar refractivity (Wildman–Crippen MR) is 52.9 cm³/mol. The number of rotatable bonds is 4. The van der Waals surface area contributed by atoms with Gasteiger partial charge in [-0.15, -0.1) is 0 Å². The highest BCUT2D eigenvalue weighted by Gasteiger charge is 2.18. The third-order valence-electron chi connectivity index (χ3n) is 2.26. The second-order valence-electron chi connectivity index (χ2n) is 3.29. The number of methoxy groups -OCH3 is 1. The number of ether oxygens (including phenoxy) is 1. The van der Waals surface area contributed by atoms with E-state index in [1.807, 2.05) is 0 Å². The number of halogens is 2. The average molecular weight is 216 g/mol. The van der Waals surface area contributed by atoms with Crippen molar-refractivity contribution < 1.29 is 13.5 Å². The highest BCUT2D eigenvalue weighted by molar-refractivity contribution is 5.22. The first kappa shape index (κ1) is 12.0. The van der Waals surface area contributed by atoms with E-state index in [0.717, 1.165) is 6.07 Å². The van der Waals surface area contributed by atoms with Crippen LogP contribution in [0.3, 0.4) is 0 Å². The molecule has 0 aliphatic rings. The van der Waals surface area contributed by atoms with Gasteiger partial charge in [0.1, 0.15) is 11.6 Å². The van der Waals surface area contributed by atoms with Crippen LogP contribution in [-0.2, 0) is 4.74 Å². The molecule has 0 saturated heterocycles. The topological polar surface area (TPSA) is 47.3 Å². The molecule has 0 saturated carbocycles. The molecule has 1 aromatic carbocycles. The predicted octanol–water partition coefficient (Wildman–Crippen LogP) is 1.50. The van der Waals surface area contributed by atoms with Crippen molar-refractivity contribution in [2.45, 2.75) is 19.1 Å². The first-order chi connectivity index (χ1) is 7.08. The van der Waals surface area contributed by atoms with Crippen LogP contribution in [0.4, 0.5) is 8.78 Å². The van der Waals surface area contributed by atoms with E-state index in [-0.39, 0.29) is 6.10 Å². The molecule has 0 radical (unpaired) electrons. The Kier molecular flexibility index (Phi) is 4.14. The average Bonchev–Trinajstić information content (AvgIpc) is 2.17. The molecule has 3 N–H and O–H groups in total. The molecule has 0 aliphatic carbocycles. The first-order valence-electron chi connectivity index (χ1n) is 4.53. The first-order valence-corrected chi connectivity index (χ1v) is 4.53. The zero-order valence-electron chi connectivity index (χ0n) is 8.63. The van der Waals surface area contributed by atoms with E-state index in [2.05, 4.69) is 5.43 Å². The van der Waals surface area contributed by atoms with Gasteiger partial charge in [0.05, 0.1) is 12.1 Å². The van der Waals surface area contributed by atoms with E-state index in [4.69, 9.17) is 10.6 Å². The lowest BCUT2D eigenvalue weighted by atomic mass is 10.0.